The molecule has 1 aromatic heterocycles. The summed E-state index contributed by atoms with van der Waals surface area (Å²) < 4.78 is 0. The third kappa shape index (κ3) is 3.07. The third-order valence-electron chi connectivity index (χ3n) is 3.56. The minimum atomic E-state index is 0.194. The van der Waals surface area contributed by atoms with Crippen molar-refractivity contribution < 1.29 is 4.79 Å². The number of amides is 1. The van der Waals surface area contributed by atoms with Crippen molar-refractivity contribution in [1.29, 1.82) is 0 Å². The van der Waals surface area contributed by atoms with Gasteiger partial charge in [-0.3, -0.25) is 9.78 Å². The summed E-state index contributed by atoms with van der Waals surface area (Å²) in [5.41, 5.74) is 9.27. The van der Waals surface area contributed by atoms with E-state index in [4.69, 9.17) is 18.0 Å². The minimum absolute atomic E-state index is 0.194. The average Bonchev–Trinajstić information content (AvgIpc) is 2.32. The van der Waals surface area contributed by atoms with Crippen molar-refractivity contribution in [3.63, 3.8) is 0 Å². The monoisotopic (exact) mass is 292 g/mol. The van der Waals surface area contributed by atoms with Crippen molar-refractivity contribution in [2.45, 2.75) is 32.7 Å². The maximum atomic E-state index is 11.5. The van der Waals surface area contributed by atoms with Gasteiger partial charge in [-0.1, -0.05) is 12.2 Å². The number of rotatable bonds is 3. The Morgan fingerprint density at radius 3 is 2.85 bits per heavy atom. The van der Waals surface area contributed by atoms with Crippen LogP contribution in [0.4, 0.5) is 5.69 Å². The summed E-state index contributed by atoms with van der Waals surface area (Å²) in [6.07, 6.45) is 1.39. The summed E-state index contributed by atoms with van der Waals surface area (Å²) in [5, 5.41) is 3.46. The van der Waals surface area contributed by atoms with Gasteiger partial charge < -0.3 is 16.0 Å². The Labute approximate surface area is 124 Å². The van der Waals surface area contributed by atoms with E-state index in [9.17, 15) is 4.79 Å². The van der Waals surface area contributed by atoms with Crippen molar-refractivity contribution in [3.05, 3.63) is 23.0 Å². The highest BCUT2D eigenvalue weighted by Crippen LogP contribution is 2.23. The molecule has 1 fully saturated rings. The first-order chi connectivity index (χ1) is 9.38. The van der Waals surface area contributed by atoms with Crippen LogP contribution >= 0.6 is 12.2 Å². The average molecular weight is 292 g/mol. The second-order valence-corrected chi connectivity index (χ2v) is 5.73. The molecule has 0 bridgehead atoms. The van der Waals surface area contributed by atoms with E-state index in [1.54, 1.807) is 4.90 Å². The number of likely N-dealkylation sites (N-methyl/N-ethyl adjacent to an activating group) is 1. The number of hydrogen-bond acceptors (Lipinski definition) is 4. The molecule has 0 saturated carbocycles. The summed E-state index contributed by atoms with van der Waals surface area (Å²) in [4.78, 5) is 18.0. The molecule has 1 atom stereocenters. The van der Waals surface area contributed by atoms with Gasteiger partial charge in [0.2, 0.25) is 5.91 Å². The Balaban J connectivity index is 2.25. The quantitative estimate of drug-likeness (QED) is 0.823. The molecule has 0 aromatic carbocycles. The molecule has 1 aromatic rings. The number of nitrogens with one attached hydrogen (secondary N) is 1. The van der Waals surface area contributed by atoms with Crippen LogP contribution < -0.4 is 11.1 Å². The van der Waals surface area contributed by atoms with Gasteiger partial charge in [0.1, 0.15) is 4.99 Å². The number of aromatic nitrogens is 1. The second-order valence-electron chi connectivity index (χ2n) is 5.29. The van der Waals surface area contributed by atoms with Crippen LogP contribution in [0.3, 0.4) is 0 Å². The molecule has 1 aliphatic rings. The summed E-state index contributed by atoms with van der Waals surface area (Å²) in [6.45, 7) is 4.54. The van der Waals surface area contributed by atoms with Gasteiger partial charge in [0.15, 0.2) is 0 Å². The predicted octanol–water partition coefficient (Wildman–Crippen LogP) is 1.37. The van der Waals surface area contributed by atoms with E-state index >= 15 is 0 Å². The summed E-state index contributed by atoms with van der Waals surface area (Å²) in [7, 11) is 1.83. The van der Waals surface area contributed by atoms with Crippen molar-refractivity contribution in [1.82, 2.24) is 9.88 Å². The van der Waals surface area contributed by atoms with Crippen molar-refractivity contribution in [3.8, 4) is 0 Å². The zero-order valence-electron chi connectivity index (χ0n) is 12.1. The lowest BCUT2D eigenvalue weighted by molar-refractivity contribution is -0.132. The zero-order valence-corrected chi connectivity index (χ0v) is 12.9. The number of likely N-dealkylation sites (tertiary alicyclic amines) is 1. The maximum absolute atomic E-state index is 11.5. The lowest BCUT2D eigenvalue weighted by Crippen LogP contribution is -2.43. The fraction of sp³-hybridized carbons (Fsp3) is 0.500. The van der Waals surface area contributed by atoms with Crippen molar-refractivity contribution in [2.75, 3.05) is 18.9 Å². The Bertz CT molecular complexity index is 558. The van der Waals surface area contributed by atoms with E-state index in [1.807, 2.05) is 27.0 Å². The fourth-order valence-corrected chi connectivity index (χ4v) is 2.86. The fourth-order valence-electron chi connectivity index (χ4n) is 2.60. The summed E-state index contributed by atoms with van der Waals surface area (Å²) in [5.74, 6) is 0.194. The van der Waals surface area contributed by atoms with Crippen LogP contribution in [0.5, 0.6) is 0 Å². The van der Waals surface area contributed by atoms with Crippen molar-refractivity contribution in [2.24, 2.45) is 5.73 Å². The predicted molar refractivity (Wildman–Crippen MR) is 83.9 cm³/mol. The van der Waals surface area contributed by atoms with E-state index in [0.717, 1.165) is 29.1 Å². The largest absolute Gasteiger partial charge is 0.389 e. The molecule has 6 heteroatoms. The highest BCUT2D eigenvalue weighted by atomic mass is 32.1. The van der Waals surface area contributed by atoms with Gasteiger partial charge in [0.05, 0.1) is 5.56 Å². The highest BCUT2D eigenvalue weighted by Gasteiger charge is 2.24. The van der Waals surface area contributed by atoms with Gasteiger partial charge in [-0.2, -0.15) is 0 Å². The normalized spacial score (nSPS) is 19.1. The lowest BCUT2D eigenvalue weighted by atomic mass is 10.0. The van der Waals surface area contributed by atoms with Crippen LogP contribution in [0.25, 0.3) is 0 Å². The molecular formula is C14H20N4OS. The molecule has 108 valence electrons. The number of carbonyl (C=O) groups is 1. The Kier molecular flexibility index (Phi) is 4.23. The van der Waals surface area contributed by atoms with Gasteiger partial charge in [-0.05, 0) is 26.3 Å². The molecule has 3 N–H and O–H groups in total. The van der Waals surface area contributed by atoms with E-state index in [0.29, 0.717) is 18.0 Å². The molecule has 2 heterocycles. The van der Waals surface area contributed by atoms with Crippen LogP contribution in [0.15, 0.2) is 6.07 Å². The first kappa shape index (κ1) is 14.7. The molecule has 5 nitrogen and oxygen atoms in total. The number of nitrogens with zero attached hydrogens (tertiary/aromatic N) is 2. The molecule has 0 spiro atoms. The van der Waals surface area contributed by atoms with Crippen LogP contribution in [-0.2, 0) is 4.79 Å². The second kappa shape index (κ2) is 5.75. The Morgan fingerprint density at radius 1 is 1.55 bits per heavy atom. The molecule has 1 aliphatic heterocycles. The third-order valence-corrected chi connectivity index (χ3v) is 3.77. The standard InChI is InChI=1S/C14H20N4OS/c1-8-6-11(13(14(15)20)9(2)16-8)17-10-4-5-12(19)18(3)7-10/h6,10H,4-5,7H2,1-3H3,(H2,15,20)(H,16,17). The molecule has 1 unspecified atom stereocenters. The van der Waals surface area contributed by atoms with Crippen molar-refractivity contribution >= 4 is 28.8 Å². The van der Waals surface area contributed by atoms with E-state index < -0.39 is 0 Å². The molecule has 2 rings (SSSR count). The Hall–Kier alpha value is -1.69. The van der Waals surface area contributed by atoms with Crippen LogP contribution in [0.2, 0.25) is 0 Å². The van der Waals surface area contributed by atoms with E-state index in [1.165, 1.54) is 0 Å². The SMILES string of the molecule is Cc1cc(NC2CCC(=O)N(C)C2)c(C(N)=S)c(C)n1. The number of anilines is 1. The number of piperidine rings is 1. The van der Waals surface area contributed by atoms with Gasteiger partial charge in [-0.15, -0.1) is 0 Å². The molecule has 0 radical (unpaired) electrons. The van der Waals surface area contributed by atoms with Gasteiger partial charge in [0, 0.05) is 43.1 Å². The number of thiocarbonyl (C=S) groups is 1. The van der Waals surface area contributed by atoms with E-state index in [-0.39, 0.29) is 11.9 Å². The van der Waals surface area contributed by atoms with Crippen LogP contribution in [-0.4, -0.2) is 40.4 Å². The minimum Gasteiger partial charge on any atom is -0.389 e. The van der Waals surface area contributed by atoms with Crippen LogP contribution in [0, 0.1) is 13.8 Å². The van der Waals surface area contributed by atoms with Gasteiger partial charge >= 0.3 is 0 Å². The number of aryl methyl sites for hydroxylation is 2. The first-order valence-corrected chi connectivity index (χ1v) is 7.08. The first-order valence-electron chi connectivity index (χ1n) is 6.67. The lowest BCUT2D eigenvalue weighted by Gasteiger charge is -2.31. The maximum Gasteiger partial charge on any atom is 0.222 e. The summed E-state index contributed by atoms with van der Waals surface area (Å²) >= 11 is 5.12. The molecular weight excluding hydrogens is 272 g/mol. The van der Waals surface area contributed by atoms with E-state index in [2.05, 4.69) is 10.3 Å². The molecule has 20 heavy (non-hydrogen) atoms. The number of hydrogen-bond donors (Lipinski definition) is 2. The number of pyridine rings is 1. The zero-order chi connectivity index (χ0) is 14.9. The topological polar surface area (TPSA) is 71.2 Å². The summed E-state index contributed by atoms with van der Waals surface area (Å²) in [6, 6.07) is 2.17. The number of nitrogens with two attached hydrogens (primary N) is 1. The smallest absolute Gasteiger partial charge is 0.222 e. The molecule has 0 aliphatic carbocycles. The molecule has 1 saturated heterocycles. The van der Waals surface area contributed by atoms with Gasteiger partial charge in [-0.25, -0.2) is 0 Å². The van der Waals surface area contributed by atoms with Crippen LogP contribution in [0.1, 0.15) is 29.8 Å². The molecule has 1 amide bonds. The number of carbonyl (C=O) groups excluding carboxylic acids is 1. The highest BCUT2D eigenvalue weighted by molar-refractivity contribution is 7.80. The Morgan fingerprint density at radius 2 is 2.25 bits per heavy atom. The van der Waals surface area contributed by atoms with Gasteiger partial charge in [0.25, 0.3) is 0 Å².